The molecule has 1 heterocycles. The molecule has 1 atom stereocenters. The second-order valence-corrected chi connectivity index (χ2v) is 4.80. The fraction of sp³-hybridized carbons (Fsp3) is 0.700. The average molecular weight is 225 g/mol. The predicted octanol–water partition coefficient (Wildman–Crippen LogP) is -0.232. The number of carbonyl (C=O) groups excluding carboxylic acids is 1. The summed E-state index contributed by atoms with van der Waals surface area (Å²) in [5.41, 5.74) is 5.58. The molecule has 0 fully saturated rings. The van der Waals surface area contributed by atoms with E-state index in [0.717, 1.165) is 0 Å². The Kier molecular flexibility index (Phi) is 4.00. The number of nitrogens with two attached hydrogens (primary N) is 1. The molecule has 0 radical (unpaired) electrons. The zero-order chi connectivity index (χ0) is 12.2. The topological polar surface area (TPSA) is 85.8 Å². The van der Waals surface area contributed by atoms with Gasteiger partial charge in [-0.05, 0) is 5.41 Å². The van der Waals surface area contributed by atoms with Crippen molar-refractivity contribution in [2.45, 2.75) is 33.4 Å². The molecule has 1 aromatic heterocycles. The Morgan fingerprint density at radius 3 is 2.75 bits per heavy atom. The smallest absolute Gasteiger partial charge is 0.237 e. The number of amides is 1. The number of hydrogen-bond acceptors (Lipinski definition) is 4. The van der Waals surface area contributed by atoms with Crippen LogP contribution in [0.2, 0.25) is 0 Å². The molecular formula is C10H19N5O. The molecule has 0 aliphatic rings. The number of nitrogens with zero attached hydrogens (tertiary/aromatic N) is 3. The molecule has 16 heavy (non-hydrogen) atoms. The molecule has 6 heteroatoms. The molecule has 1 amide bonds. The van der Waals surface area contributed by atoms with Gasteiger partial charge in [-0.3, -0.25) is 9.48 Å². The fourth-order valence-electron chi connectivity index (χ4n) is 1.15. The number of nitrogens with one attached hydrogen (secondary N) is 1. The summed E-state index contributed by atoms with van der Waals surface area (Å²) in [6.07, 6.45) is 3.35. The van der Waals surface area contributed by atoms with Crippen molar-refractivity contribution >= 4 is 5.91 Å². The van der Waals surface area contributed by atoms with E-state index in [9.17, 15) is 4.79 Å². The highest BCUT2D eigenvalue weighted by atomic mass is 16.2. The monoisotopic (exact) mass is 225 g/mol. The lowest BCUT2D eigenvalue weighted by Gasteiger charge is -2.25. The average Bonchev–Trinajstić information content (AvgIpc) is 2.67. The van der Waals surface area contributed by atoms with Crippen molar-refractivity contribution in [3.05, 3.63) is 12.4 Å². The summed E-state index contributed by atoms with van der Waals surface area (Å²) >= 11 is 0. The molecular weight excluding hydrogens is 206 g/mol. The van der Waals surface area contributed by atoms with Crippen LogP contribution in [0.3, 0.4) is 0 Å². The Balaban J connectivity index is 2.30. The van der Waals surface area contributed by atoms with Gasteiger partial charge in [0.15, 0.2) is 0 Å². The van der Waals surface area contributed by atoms with Crippen molar-refractivity contribution < 1.29 is 4.79 Å². The second-order valence-electron chi connectivity index (χ2n) is 4.80. The highest BCUT2D eigenvalue weighted by Gasteiger charge is 2.26. The SMILES string of the molecule is CC(C)(C)[C@H](N)C(=O)NCCn1ccnn1. The van der Waals surface area contributed by atoms with Crippen LogP contribution in [0.4, 0.5) is 0 Å². The Bertz CT molecular complexity index is 327. The van der Waals surface area contributed by atoms with E-state index >= 15 is 0 Å². The number of carbonyl (C=O) groups is 1. The highest BCUT2D eigenvalue weighted by molar-refractivity contribution is 5.82. The van der Waals surface area contributed by atoms with E-state index in [1.165, 1.54) is 0 Å². The minimum Gasteiger partial charge on any atom is -0.353 e. The first kappa shape index (κ1) is 12.6. The first-order valence-electron chi connectivity index (χ1n) is 5.28. The van der Waals surface area contributed by atoms with Gasteiger partial charge >= 0.3 is 0 Å². The maximum Gasteiger partial charge on any atom is 0.237 e. The summed E-state index contributed by atoms with van der Waals surface area (Å²) in [4.78, 5) is 11.6. The molecule has 90 valence electrons. The van der Waals surface area contributed by atoms with Crippen LogP contribution in [0.1, 0.15) is 20.8 Å². The first-order chi connectivity index (χ1) is 7.41. The van der Waals surface area contributed by atoms with E-state index in [4.69, 9.17) is 5.73 Å². The van der Waals surface area contributed by atoms with Crippen LogP contribution in [-0.4, -0.2) is 33.5 Å². The van der Waals surface area contributed by atoms with E-state index in [1.807, 2.05) is 20.8 Å². The van der Waals surface area contributed by atoms with Gasteiger partial charge in [-0.25, -0.2) is 0 Å². The van der Waals surface area contributed by atoms with Crippen LogP contribution in [0.15, 0.2) is 12.4 Å². The number of aromatic nitrogens is 3. The summed E-state index contributed by atoms with van der Waals surface area (Å²) in [5, 5.41) is 10.2. The molecule has 3 N–H and O–H groups in total. The third kappa shape index (κ3) is 3.62. The molecule has 0 bridgehead atoms. The van der Waals surface area contributed by atoms with Gasteiger partial charge in [0.2, 0.25) is 5.91 Å². The van der Waals surface area contributed by atoms with Crippen LogP contribution in [0, 0.1) is 5.41 Å². The fourth-order valence-corrected chi connectivity index (χ4v) is 1.15. The van der Waals surface area contributed by atoms with Crippen molar-refractivity contribution in [1.82, 2.24) is 20.3 Å². The zero-order valence-corrected chi connectivity index (χ0v) is 9.97. The van der Waals surface area contributed by atoms with Crippen molar-refractivity contribution in [3.63, 3.8) is 0 Å². The van der Waals surface area contributed by atoms with Gasteiger partial charge in [0.25, 0.3) is 0 Å². The molecule has 0 saturated heterocycles. The lowest BCUT2D eigenvalue weighted by Crippen LogP contribution is -2.49. The van der Waals surface area contributed by atoms with Crippen molar-refractivity contribution in [2.75, 3.05) is 6.54 Å². The molecule has 0 saturated carbocycles. The standard InChI is InChI=1S/C10H19N5O/c1-10(2,3)8(11)9(16)12-4-6-15-7-5-13-14-15/h5,7-8H,4,6,11H2,1-3H3,(H,12,16)/t8-/m1/s1. The molecule has 1 aromatic rings. The number of rotatable bonds is 4. The minimum atomic E-state index is -0.497. The predicted molar refractivity (Wildman–Crippen MR) is 60.5 cm³/mol. The van der Waals surface area contributed by atoms with E-state index in [-0.39, 0.29) is 11.3 Å². The van der Waals surface area contributed by atoms with Gasteiger partial charge in [-0.15, -0.1) is 5.10 Å². The quantitative estimate of drug-likeness (QED) is 0.741. The number of hydrogen-bond donors (Lipinski definition) is 2. The van der Waals surface area contributed by atoms with Crippen LogP contribution >= 0.6 is 0 Å². The van der Waals surface area contributed by atoms with Gasteiger partial charge in [0.05, 0.1) is 18.8 Å². The Morgan fingerprint density at radius 2 is 2.25 bits per heavy atom. The van der Waals surface area contributed by atoms with E-state index in [1.54, 1.807) is 17.1 Å². The maximum atomic E-state index is 11.6. The van der Waals surface area contributed by atoms with Crippen molar-refractivity contribution in [2.24, 2.45) is 11.1 Å². The van der Waals surface area contributed by atoms with Crippen LogP contribution in [0.25, 0.3) is 0 Å². The van der Waals surface area contributed by atoms with Crippen LogP contribution in [0.5, 0.6) is 0 Å². The van der Waals surface area contributed by atoms with Crippen molar-refractivity contribution in [3.8, 4) is 0 Å². The molecule has 0 aliphatic heterocycles. The molecule has 0 unspecified atom stereocenters. The van der Waals surface area contributed by atoms with Crippen molar-refractivity contribution in [1.29, 1.82) is 0 Å². The minimum absolute atomic E-state index is 0.132. The van der Waals surface area contributed by atoms with Gasteiger partial charge in [-0.2, -0.15) is 0 Å². The summed E-state index contributed by atoms with van der Waals surface area (Å²) in [7, 11) is 0. The van der Waals surface area contributed by atoms with Gasteiger partial charge in [0.1, 0.15) is 0 Å². The third-order valence-electron chi connectivity index (χ3n) is 2.33. The largest absolute Gasteiger partial charge is 0.353 e. The lowest BCUT2D eigenvalue weighted by atomic mass is 9.87. The summed E-state index contributed by atoms with van der Waals surface area (Å²) < 4.78 is 1.66. The summed E-state index contributed by atoms with van der Waals surface area (Å²) in [6.45, 7) is 6.92. The Hall–Kier alpha value is -1.43. The Labute approximate surface area is 95.2 Å². The summed E-state index contributed by atoms with van der Waals surface area (Å²) in [6, 6.07) is -0.497. The van der Waals surface area contributed by atoms with E-state index in [2.05, 4.69) is 15.6 Å². The van der Waals surface area contributed by atoms with E-state index in [0.29, 0.717) is 13.1 Å². The molecule has 1 rings (SSSR count). The molecule has 0 spiro atoms. The maximum absolute atomic E-state index is 11.6. The van der Waals surface area contributed by atoms with Crippen LogP contribution < -0.4 is 11.1 Å². The first-order valence-corrected chi connectivity index (χ1v) is 5.28. The van der Waals surface area contributed by atoms with Gasteiger partial charge < -0.3 is 11.1 Å². The third-order valence-corrected chi connectivity index (χ3v) is 2.33. The van der Waals surface area contributed by atoms with E-state index < -0.39 is 6.04 Å². The molecule has 6 nitrogen and oxygen atoms in total. The van der Waals surface area contributed by atoms with Crippen LogP contribution in [-0.2, 0) is 11.3 Å². The summed E-state index contributed by atoms with van der Waals surface area (Å²) in [5.74, 6) is -0.132. The molecule has 0 aliphatic carbocycles. The second kappa shape index (κ2) is 5.07. The lowest BCUT2D eigenvalue weighted by molar-refractivity contribution is -0.124. The van der Waals surface area contributed by atoms with Gasteiger partial charge in [-0.1, -0.05) is 26.0 Å². The molecule has 0 aromatic carbocycles. The normalized spacial score (nSPS) is 13.5. The van der Waals surface area contributed by atoms with Gasteiger partial charge in [0, 0.05) is 12.7 Å². The Morgan fingerprint density at radius 1 is 1.56 bits per heavy atom. The zero-order valence-electron chi connectivity index (χ0n) is 9.97. The highest BCUT2D eigenvalue weighted by Crippen LogP contribution is 2.16.